The molecule has 2 atom stereocenters. The Hall–Kier alpha value is -1.07. The largest absolute Gasteiger partial charge is 0.407 e. The van der Waals surface area contributed by atoms with Gasteiger partial charge >= 0.3 is 6.18 Å². The van der Waals surface area contributed by atoms with Gasteiger partial charge in [-0.3, -0.25) is 0 Å². The van der Waals surface area contributed by atoms with E-state index in [1.807, 2.05) is 0 Å². The molecule has 106 valence electrons. The number of nitrogens with one attached hydrogen (secondary N) is 1. The molecule has 1 aliphatic rings. The average Bonchev–Trinajstić information content (AvgIpc) is 2.87. The first-order valence-corrected chi connectivity index (χ1v) is 6.50. The summed E-state index contributed by atoms with van der Waals surface area (Å²) < 4.78 is 44.3. The molecular weight excluding hydrogens is 255 g/mol. The minimum absolute atomic E-state index is 0.262. The molecule has 1 heterocycles. The highest BCUT2D eigenvalue weighted by atomic mass is 19.4. The second-order valence-corrected chi connectivity index (χ2v) is 4.86. The van der Waals surface area contributed by atoms with E-state index in [9.17, 15) is 13.2 Å². The molecule has 0 radical (unpaired) electrons. The first kappa shape index (κ1) is 14.3. The quantitative estimate of drug-likeness (QED) is 0.888. The van der Waals surface area contributed by atoms with Gasteiger partial charge in [0.05, 0.1) is 0 Å². The maximum atomic E-state index is 13.0. The molecule has 0 bridgehead atoms. The maximum Gasteiger partial charge on any atom is 0.407 e. The highest BCUT2D eigenvalue weighted by Crippen LogP contribution is 2.32. The smallest absolute Gasteiger partial charge is 0.381 e. The molecule has 1 aliphatic heterocycles. The van der Waals surface area contributed by atoms with Gasteiger partial charge in [0.1, 0.15) is 6.04 Å². The number of ether oxygens (including phenoxy) is 1. The van der Waals surface area contributed by atoms with Crippen molar-refractivity contribution < 1.29 is 17.9 Å². The highest BCUT2D eigenvalue weighted by Gasteiger charge is 2.40. The number of halogens is 3. The molecule has 1 fully saturated rings. The predicted molar refractivity (Wildman–Crippen MR) is 66.8 cm³/mol. The van der Waals surface area contributed by atoms with Gasteiger partial charge < -0.3 is 10.1 Å². The van der Waals surface area contributed by atoms with Gasteiger partial charge in [0.15, 0.2) is 0 Å². The standard InChI is InChI=1S/C14H18F3NO/c15-14(16,17)13(12-4-2-1-3-5-12)18-8-6-11-7-9-19-10-11/h1-5,11,13,18H,6-10H2. The van der Waals surface area contributed by atoms with Crippen LogP contribution in [-0.2, 0) is 4.74 Å². The minimum Gasteiger partial charge on any atom is -0.381 e. The topological polar surface area (TPSA) is 21.3 Å². The summed E-state index contributed by atoms with van der Waals surface area (Å²) in [5.41, 5.74) is 0.262. The number of rotatable bonds is 5. The lowest BCUT2D eigenvalue weighted by atomic mass is 10.0. The van der Waals surface area contributed by atoms with Crippen molar-refractivity contribution in [3.8, 4) is 0 Å². The maximum absolute atomic E-state index is 13.0. The summed E-state index contributed by atoms with van der Waals surface area (Å²) in [6, 6.07) is 6.39. The van der Waals surface area contributed by atoms with E-state index in [0.29, 0.717) is 19.1 Å². The lowest BCUT2D eigenvalue weighted by molar-refractivity contribution is -0.157. The lowest BCUT2D eigenvalue weighted by Gasteiger charge is -2.22. The molecular formula is C14H18F3NO. The number of hydrogen-bond acceptors (Lipinski definition) is 2. The van der Waals surface area contributed by atoms with Crippen LogP contribution in [-0.4, -0.2) is 25.9 Å². The molecule has 0 amide bonds. The van der Waals surface area contributed by atoms with Gasteiger partial charge in [0.25, 0.3) is 0 Å². The summed E-state index contributed by atoms with van der Waals surface area (Å²) in [4.78, 5) is 0. The summed E-state index contributed by atoms with van der Waals surface area (Å²) >= 11 is 0. The summed E-state index contributed by atoms with van der Waals surface area (Å²) in [6.07, 6.45) is -2.60. The van der Waals surface area contributed by atoms with Crippen LogP contribution in [0.2, 0.25) is 0 Å². The molecule has 0 aliphatic carbocycles. The summed E-state index contributed by atoms with van der Waals surface area (Å²) in [7, 11) is 0. The van der Waals surface area contributed by atoms with Gasteiger partial charge in [-0.1, -0.05) is 30.3 Å². The Morgan fingerprint density at radius 1 is 1.26 bits per heavy atom. The molecule has 1 aromatic carbocycles. The van der Waals surface area contributed by atoms with Gasteiger partial charge in [-0.2, -0.15) is 13.2 Å². The van der Waals surface area contributed by atoms with Gasteiger partial charge in [-0.05, 0) is 30.9 Å². The number of alkyl halides is 3. The Bertz CT molecular complexity index is 374. The molecule has 5 heteroatoms. The Labute approximate surface area is 111 Å². The van der Waals surface area contributed by atoms with E-state index in [-0.39, 0.29) is 5.56 Å². The zero-order valence-electron chi connectivity index (χ0n) is 10.6. The van der Waals surface area contributed by atoms with Crippen molar-refractivity contribution in [1.29, 1.82) is 0 Å². The monoisotopic (exact) mass is 273 g/mol. The number of benzene rings is 1. The fourth-order valence-corrected chi connectivity index (χ4v) is 2.31. The van der Waals surface area contributed by atoms with Crippen LogP contribution in [0.1, 0.15) is 24.4 Å². The van der Waals surface area contributed by atoms with E-state index in [0.717, 1.165) is 19.4 Å². The van der Waals surface area contributed by atoms with Crippen LogP contribution in [0.3, 0.4) is 0 Å². The fraction of sp³-hybridized carbons (Fsp3) is 0.571. The molecule has 1 saturated heterocycles. The van der Waals surface area contributed by atoms with Crippen LogP contribution >= 0.6 is 0 Å². The predicted octanol–water partition coefficient (Wildman–Crippen LogP) is 3.31. The Morgan fingerprint density at radius 3 is 2.58 bits per heavy atom. The molecule has 0 aromatic heterocycles. The van der Waals surface area contributed by atoms with Crippen LogP contribution < -0.4 is 5.32 Å². The third kappa shape index (κ3) is 4.21. The van der Waals surface area contributed by atoms with E-state index >= 15 is 0 Å². The van der Waals surface area contributed by atoms with Gasteiger partial charge in [0.2, 0.25) is 0 Å². The van der Waals surface area contributed by atoms with Crippen molar-refractivity contribution in [2.45, 2.75) is 25.1 Å². The van der Waals surface area contributed by atoms with Crippen molar-refractivity contribution in [3.05, 3.63) is 35.9 Å². The third-order valence-corrected chi connectivity index (χ3v) is 3.39. The van der Waals surface area contributed by atoms with Crippen molar-refractivity contribution in [1.82, 2.24) is 5.32 Å². The zero-order valence-corrected chi connectivity index (χ0v) is 10.6. The van der Waals surface area contributed by atoms with Gasteiger partial charge in [-0.15, -0.1) is 0 Å². The van der Waals surface area contributed by atoms with Gasteiger partial charge in [-0.25, -0.2) is 0 Å². The first-order valence-electron chi connectivity index (χ1n) is 6.50. The van der Waals surface area contributed by atoms with Crippen molar-refractivity contribution >= 4 is 0 Å². The summed E-state index contributed by atoms with van der Waals surface area (Å²) in [6.45, 7) is 1.75. The first-order chi connectivity index (χ1) is 9.07. The second kappa shape index (κ2) is 6.39. The summed E-state index contributed by atoms with van der Waals surface area (Å²) in [5.74, 6) is 0.386. The molecule has 1 N–H and O–H groups in total. The summed E-state index contributed by atoms with van der Waals surface area (Å²) in [5, 5.41) is 2.62. The van der Waals surface area contributed by atoms with Crippen molar-refractivity contribution in [3.63, 3.8) is 0 Å². The molecule has 0 spiro atoms. The molecule has 2 unspecified atom stereocenters. The normalized spacial score (nSPS) is 21.5. The molecule has 2 nitrogen and oxygen atoms in total. The van der Waals surface area contributed by atoms with Crippen molar-refractivity contribution in [2.75, 3.05) is 19.8 Å². The van der Waals surface area contributed by atoms with Crippen LogP contribution in [0, 0.1) is 5.92 Å². The molecule has 1 aromatic rings. The fourth-order valence-electron chi connectivity index (χ4n) is 2.31. The highest BCUT2D eigenvalue weighted by molar-refractivity contribution is 5.20. The third-order valence-electron chi connectivity index (χ3n) is 3.39. The van der Waals surface area contributed by atoms with Crippen LogP contribution in [0.15, 0.2) is 30.3 Å². The van der Waals surface area contributed by atoms with Crippen LogP contribution in [0.25, 0.3) is 0 Å². The minimum atomic E-state index is -4.27. The SMILES string of the molecule is FC(F)(F)C(NCCC1CCOC1)c1ccccc1. The molecule has 2 rings (SSSR count). The Balaban J connectivity index is 1.91. The van der Waals surface area contributed by atoms with E-state index in [1.54, 1.807) is 18.2 Å². The van der Waals surface area contributed by atoms with E-state index in [1.165, 1.54) is 12.1 Å². The zero-order chi connectivity index (χ0) is 13.7. The van der Waals surface area contributed by atoms with Gasteiger partial charge in [0, 0.05) is 13.2 Å². The average molecular weight is 273 g/mol. The Morgan fingerprint density at radius 2 is 2.00 bits per heavy atom. The van der Waals surface area contributed by atoms with Crippen molar-refractivity contribution in [2.24, 2.45) is 5.92 Å². The second-order valence-electron chi connectivity index (χ2n) is 4.86. The molecule has 0 saturated carbocycles. The van der Waals surface area contributed by atoms with Crippen LogP contribution in [0.4, 0.5) is 13.2 Å². The molecule has 19 heavy (non-hydrogen) atoms. The Kier molecular flexibility index (Phi) is 4.82. The number of hydrogen-bond donors (Lipinski definition) is 1. The van der Waals surface area contributed by atoms with E-state index < -0.39 is 12.2 Å². The van der Waals surface area contributed by atoms with E-state index in [2.05, 4.69) is 5.32 Å². The van der Waals surface area contributed by atoms with Crippen LogP contribution in [0.5, 0.6) is 0 Å². The lowest BCUT2D eigenvalue weighted by Crippen LogP contribution is -2.35. The van der Waals surface area contributed by atoms with E-state index in [4.69, 9.17) is 4.74 Å².